The second kappa shape index (κ2) is 6.11. The summed E-state index contributed by atoms with van der Waals surface area (Å²) in [6.45, 7) is 2.08. The quantitative estimate of drug-likeness (QED) is 0.842. The number of furan rings is 1. The minimum atomic E-state index is -0.245. The number of carbonyl (C=O) groups is 1. The van der Waals surface area contributed by atoms with Gasteiger partial charge in [0.1, 0.15) is 10.8 Å². The number of aromatic nitrogens is 2. The molecule has 0 fully saturated rings. The van der Waals surface area contributed by atoms with E-state index < -0.39 is 0 Å². The molecule has 1 amide bonds. The van der Waals surface area contributed by atoms with Crippen molar-refractivity contribution in [3.05, 3.63) is 35.2 Å². The Bertz CT molecular complexity index is 531. The first kappa shape index (κ1) is 12.5. The molecule has 0 aromatic carbocycles. The fourth-order valence-electron chi connectivity index (χ4n) is 1.31. The van der Waals surface area contributed by atoms with Gasteiger partial charge in [0, 0.05) is 12.5 Å². The van der Waals surface area contributed by atoms with Gasteiger partial charge in [0.15, 0.2) is 0 Å². The third-order valence-corrected chi connectivity index (χ3v) is 3.00. The van der Waals surface area contributed by atoms with Crippen molar-refractivity contribution in [3.8, 4) is 0 Å². The Hall–Kier alpha value is -1.95. The van der Waals surface area contributed by atoms with E-state index >= 15 is 0 Å². The van der Waals surface area contributed by atoms with Gasteiger partial charge in [-0.05, 0) is 24.6 Å². The van der Waals surface area contributed by atoms with Crippen LogP contribution in [0.4, 0.5) is 5.13 Å². The van der Waals surface area contributed by atoms with Crippen molar-refractivity contribution in [3.63, 3.8) is 0 Å². The van der Waals surface area contributed by atoms with E-state index in [2.05, 4.69) is 22.4 Å². The SMILES string of the molecule is CCCc1nnc(NC(=O)/C=C/c2ccco2)s1. The van der Waals surface area contributed by atoms with Crippen molar-refractivity contribution in [1.29, 1.82) is 0 Å². The molecule has 5 nitrogen and oxygen atoms in total. The normalized spacial score (nSPS) is 10.9. The Morgan fingerprint density at radius 1 is 1.56 bits per heavy atom. The lowest BCUT2D eigenvalue weighted by atomic mass is 10.4. The minimum Gasteiger partial charge on any atom is -0.465 e. The van der Waals surface area contributed by atoms with Gasteiger partial charge in [-0.3, -0.25) is 10.1 Å². The molecule has 6 heteroatoms. The fraction of sp³-hybridized carbons (Fsp3) is 0.250. The number of aryl methyl sites for hydroxylation is 1. The number of carbonyl (C=O) groups excluding carboxylic acids is 1. The maximum atomic E-state index is 11.6. The van der Waals surface area contributed by atoms with Crippen LogP contribution in [0, 0.1) is 0 Å². The molecule has 0 aliphatic heterocycles. The Morgan fingerprint density at radius 2 is 2.44 bits per heavy atom. The van der Waals surface area contributed by atoms with Gasteiger partial charge in [-0.2, -0.15) is 0 Å². The maximum absolute atomic E-state index is 11.6. The molecule has 0 radical (unpaired) electrons. The Morgan fingerprint density at radius 3 is 3.17 bits per heavy atom. The molecule has 0 atom stereocenters. The van der Waals surface area contributed by atoms with Crippen LogP contribution in [0.3, 0.4) is 0 Å². The number of hydrogen-bond acceptors (Lipinski definition) is 5. The van der Waals surface area contributed by atoms with Crippen LogP contribution in [0.1, 0.15) is 24.1 Å². The number of amides is 1. The third kappa shape index (κ3) is 3.53. The van der Waals surface area contributed by atoms with Crippen LogP contribution in [0.25, 0.3) is 6.08 Å². The van der Waals surface area contributed by atoms with Gasteiger partial charge in [-0.1, -0.05) is 18.3 Å². The molecule has 0 aliphatic carbocycles. The Labute approximate surface area is 109 Å². The zero-order chi connectivity index (χ0) is 12.8. The molecule has 0 unspecified atom stereocenters. The molecule has 2 rings (SSSR count). The summed E-state index contributed by atoms with van der Waals surface area (Å²) >= 11 is 1.40. The topological polar surface area (TPSA) is 68.0 Å². The standard InChI is InChI=1S/C12H13N3O2S/c1-2-4-11-14-15-12(18-11)13-10(16)7-6-9-5-3-8-17-9/h3,5-8H,2,4H2,1H3,(H,13,15,16)/b7-6+. The molecule has 0 bridgehead atoms. The molecule has 94 valence electrons. The summed E-state index contributed by atoms with van der Waals surface area (Å²) in [5.41, 5.74) is 0. The summed E-state index contributed by atoms with van der Waals surface area (Å²) < 4.78 is 5.08. The molecule has 0 aliphatic rings. The number of nitrogens with zero attached hydrogens (tertiary/aromatic N) is 2. The highest BCUT2D eigenvalue weighted by atomic mass is 32.1. The van der Waals surface area contributed by atoms with Crippen molar-refractivity contribution in [2.45, 2.75) is 19.8 Å². The first-order valence-corrected chi connectivity index (χ1v) is 6.44. The molecule has 2 heterocycles. The number of hydrogen-bond donors (Lipinski definition) is 1. The molecular weight excluding hydrogens is 250 g/mol. The molecule has 2 aromatic heterocycles. The highest BCUT2D eigenvalue weighted by Gasteiger charge is 2.05. The number of rotatable bonds is 5. The zero-order valence-electron chi connectivity index (χ0n) is 9.92. The predicted molar refractivity (Wildman–Crippen MR) is 70.3 cm³/mol. The smallest absolute Gasteiger partial charge is 0.250 e. The fourth-order valence-corrected chi connectivity index (χ4v) is 2.15. The lowest BCUT2D eigenvalue weighted by Crippen LogP contribution is -2.07. The molecule has 2 aromatic rings. The van der Waals surface area contributed by atoms with Gasteiger partial charge in [-0.25, -0.2) is 0 Å². The van der Waals surface area contributed by atoms with Crippen LogP contribution in [0.5, 0.6) is 0 Å². The summed E-state index contributed by atoms with van der Waals surface area (Å²) in [7, 11) is 0. The van der Waals surface area contributed by atoms with Crippen molar-refractivity contribution in [1.82, 2.24) is 10.2 Å². The Balaban J connectivity index is 1.90. The van der Waals surface area contributed by atoms with E-state index in [-0.39, 0.29) is 5.91 Å². The van der Waals surface area contributed by atoms with E-state index in [0.717, 1.165) is 17.8 Å². The molecule has 0 saturated heterocycles. The predicted octanol–water partition coefficient (Wildman–Crippen LogP) is 2.74. The molecule has 0 spiro atoms. The average Bonchev–Trinajstić information content (AvgIpc) is 2.99. The van der Waals surface area contributed by atoms with Gasteiger partial charge >= 0.3 is 0 Å². The first-order chi connectivity index (χ1) is 8.78. The van der Waals surface area contributed by atoms with E-state index in [4.69, 9.17) is 4.42 Å². The third-order valence-electron chi connectivity index (χ3n) is 2.10. The van der Waals surface area contributed by atoms with Crippen LogP contribution in [-0.2, 0) is 11.2 Å². The van der Waals surface area contributed by atoms with E-state index in [1.807, 2.05) is 0 Å². The lowest BCUT2D eigenvalue weighted by Gasteiger charge is -1.93. The number of nitrogens with one attached hydrogen (secondary N) is 1. The first-order valence-electron chi connectivity index (χ1n) is 5.63. The molecule has 18 heavy (non-hydrogen) atoms. The molecular formula is C12H13N3O2S. The van der Waals surface area contributed by atoms with Crippen LogP contribution in [-0.4, -0.2) is 16.1 Å². The second-order valence-corrected chi connectivity index (χ2v) is 4.65. The Kier molecular flexibility index (Phi) is 4.25. The largest absolute Gasteiger partial charge is 0.465 e. The van der Waals surface area contributed by atoms with Crippen molar-refractivity contribution in [2.75, 3.05) is 5.32 Å². The van der Waals surface area contributed by atoms with Gasteiger partial charge in [0.2, 0.25) is 11.0 Å². The van der Waals surface area contributed by atoms with E-state index in [1.165, 1.54) is 17.4 Å². The van der Waals surface area contributed by atoms with Crippen molar-refractivity contribution < 1.29 is 9.21 Å². The highest BCUT2D eigenvalue weighted by molar-refractivity contribution is 7.15. The second-order valence-electron chi connectivity index (χ2n) is 3.59. The lowest BCUT2D eigenvalue weighted by molar-refractivity contribution is -0.111. The number of anilines is 1. The highest BCUT2D eigenvalue weighted by Crippen LogP contribution is 2.16. The summed E-state index contributed by atoms with van der Waals surface area (Å²) in [4.78, 5) is 11.6. The zero-order valence-corrected chi connectivity index (χ0v) is 10.7. The van der Waals surface area contributed by atoms with Gasteiger partial charge in [0.05, 0.1) is 6.26 Å². The monoisotopic (exact) mass is 263 g/mol. The van der Waals surface area contributed by atoms with E-state index in [0.29, 0.717) is 10.9 Å². The van der Waals surface area contributed by atoms with Crippen LogP contribution in [0.2, 0.25) is 0 Å². The van der Waals surface area contributed by atoms with Crippen LogP contribution in [0.15, 0.2) is 28.9 Å². The molecule has 0 saturated carbocycles. The average molecular weight is 263 g/mol. The van der Waals surface area contributed by atoms with Crippen LogP contribution >= 0.6 is 11.3 Å². The summed E-state index contributed by atoms with van der Waals surface area (Å²) in [5, 5.41) is 12.0. The summed E-state index contributed by atoms with van der Waals surface area (Å²) in [6.07, 6.45) is 6.46. The van der Waals surface area contributed by atoms with Gasteiger partial charge in [-0.15, -0.1) is 10.2 Å². The van der Waals surface area contributed by atoms with Crippen molar-refractivity contribution in [2.24, 2.45) is 0 Å². The maximum Gasteiger partial charge on any atom is 0.250 e. The van der Waals surface area contributed by atoms with Gasteiger partial charge < -0.3 is 4.42 Å². The van der Waals surface area contributed by atoms with Crippen molar-refractivity contribution >= 4 is 28.5 Å². The summed E-state index contributed by atoms with van der Waals surface area (Å²) in [6, 6.07) is 3.54. The van der Waals surface area contributed by atoms with Gasteiger partial charge in [0.25, 0.3) is 0 Å². The minimum absolute atomic E-state index is 0.245. The summed E-state index contributed by atoms with van der Waals surface area (Å²) in [5.74, 6) is 0.389. The van der Waals surface area contributed by atoms with E-state index in [9.17, 15) is 4.79 Å². The van der Waals surface area contributed by atoms with Crippen LogP contribution < -0.4 is 5.32 Å². The molecule has 1 N–H and O–H groups in total. The van der Waals surface area contributed by atoms with E-state index in [1.54, 1.807) is 24.5 Å².